The van der Waals surface area contributed by atoms with Gasteiger partial charge in [-0.15, -0.1) is 0 Å². The summed E-state index contributed by atoms with van der Waals surface area (Å²) in [5.41, 5.74) is 3.39. The predicted molar refractivity (Wildman–Crippen MR) is 118 cm³/mol. The Morgan fingerprint density at radius 1 is 1.04 bits per heavy atom. The Bertz CT molecular complexity index is 1160. The van der Waals surface area contributed by atoms with E-state index in [2.05, 4.69) is 6.07 Å². The Morgan fingerprint density at radius 3 is 2.61 bits per heavy atom. The minimum absolute atomic E-state index is 0.230. The third kappa shape index (κ3) is 3.90. The molecule has 0 radical (unpaired) electrons. The molecule has 3 aromatic carbocycles. The molecule has 0 spiro atoms. The molecule has 1 aromatic heterocycles. The van der Waals surface area contributed by atoms with E-state index in [0.29, 0.717) is 27.3 Å². The van der Waals surface area contributed by atoms with E-state index in [1.54, 1.807) is 23.1 Å². The SMILES string of the molecule is Cc1ccc2nc(N(Cc3ccccc3)C(=O)c3cc(Cl)ccc3Cl)sc2c1. The molecule has 0 saturated heterocycles. The van der Waals surface area contributed by atoms with Crippen molar-refractivity contribution in [1.29, 1.82) is 0 Å². The second-order valence-electron chi connectivity index (χ2n) is 6.47. The molecule has 0 fully saturated rings. The van der Waals surface area contributed by atoms with Crippen molar-refractivity contribution in [2.75, 3.05) is 4.90 Å². The van der Waals surface area contributed by atoms with Crippen LogP contribution in [-0.4, -0.2) is 10.9 Å². The number of amides is 1. The molecule has 4 aromatic rings. The lowest BCUT2D eigenvalue weighted by atomic mass is 10.1. The lowest BCUT2D eigenvalue weighted by molar-refractivity contribution is 0.0985. The van der Waals surface area contributed by atoms with Gasteiger partial charge >= 0.3 is 0 Å². The first-order chi connectivity index (χ1) is 13.5. The molecule has 3 nitrogen and oxygen atoms in total. The molecule has 6 heteroatoms. The number of hydrogen-bond donors (Lipinski definition) is 0. The minimum Gasteiger partial charge on any atom is -0.279 e. The zero-order valence-corrected chi connectivity index (χ0v) is 17.4. The summed E-state index contributed by atoms with van der Waals surface area (Å²) in [7, 11) is 0. The number of nitrogens with zero attached hydrogens (tertiary/aromatic N) is 2. The maximum Gasteiger partial charge on any atom is 0.261 e. The Morgan fingerprint density at radius 2 is 1.82 bits per heavy atom. The topological polar surface area (TPSA) is 33.2 Å². The standard InChI is InChI=1S/C22H16Cl2N2OS/c1-14-7-10-19-20(11-14)28-22(25-19)26(13-15-5-3-2-4-6-15)21(27)17-12-16(23)8-9-18(17)24/h2-12H,13H2,1H3. The number of benzene rings is 3. The molecular formula is C22H16Cl2N2OS. The van der Waals surface area contributed by atoms with Crippen molar-refractivity contribution in [1.82, 2.24) is 4.98 Å². The van der Waals surface area contributed by atoms with Crippen LogP contribution in [0, 0.1) is 6.92 Å². The molecule has 0 bridgehead atoms. The van der Waals surface area contributed by atoms with E-state index in [-0.39, 0.29) is 5.91 Å². The van der Waals surface area contributed by atoms with E-state index >= 15 is 0 Å². The van der Waals surface area contributed by atoms with Crippen LogP contribution in [-0.2, 0) is 6.54 Å². The molecule has 0 N–H and O–H groups in total. The minimum atomic E-state index is -0.230. The van der Waals surface area contributed by atoms with Crippen molar-refractivity contribution in [3.05, 3.63) is 93.5 Å². The van der Waals surface area contributed by atoms with Crippen molar-refractivity contribution in [2.45, 2.75) is 13.5 Å². The Balaban J connectivity index is 1.80. The predicted octanol–water partition coefficient (Wildman–Crippen LogP) is 6.76. The van der Waals surface area contributed by atoms with Gasteiger partial charge < -0.3 is 0 Å². The first kappa shape index (κ1) is 18.9. The summed E-state index contributed by atoms with van der Waals surface area (Å²) >= 11 is 13.9. The highest BCUT2D eigenvalue weighted by molar-refractivity contribution is 7.22. The molecule has 28 heavy (non-hydrogen) atoms. The average molecular weight is 427 g/mol. The largest absolute Gasteiger partial charge is 0.279 e. The maximum atomic E-state index is 13.4. The Kier molecular flexibility index (Phi) is 5.36. The van der Waals surface area contributed by atoms with Crippen molar-refractivity contribution < 1.29 is 4.79 Å². The van der Waals surface area contributed by atoms with Gasteiger partial charge in [0.25, 0.3) is 5.91 Å². The average Bonchev–Trinajstić information content (AvgIpc) is 3.11. The van der Waals surface area contributed by atoms with Crippen molar-refractivity contribution in [3.63, 3.8) is 0 Å². The number of carbonyl (C=O) groups excluding carboxylic acids is 1. The van der Waals surface area contributed by atoms with Crippen LogP contribution in [0.15, 0.2) is 66.7 Å². The van der Waals surface area contributed by atoms with E-state index in [9.17, 15) is 4.79 Å². The first-order valence-electron chi connectivity index (χ1n) is 8.69. The third-order valence-electron chi connectivity index (χ3n) is 4.35. The molecule has 0 aliphatic rings. The zero-order valence-electron chi connectivity index (χ0n) is 15.0. The van der Waals surface area contributed by atoms with Gasteiger partial charge in [-0.3, -0.25) is 9.69 Å². The summed E-state index contributed by atoms with van der Waals surface area (Å²) in [5, 5.41) is 1.46. The quantitative estimate of drug-likeness (QED) is 0.361. The monoisotopic (exact) mass is 426 g/mol. The van der Waals surface area contributed by atoms with Crippen LogP contribution in [0.1, 0.15) is 21.5 Å². The zero-order chi connectivity index (χ0) is 19.7. The second kappa shape index (κ2) is 7.92. The van der Waals surface area contributed by atoms with Gasteiger partial charge in [0.1, 0.15) is 0 Å². The van der Waals surface area contributed by atoms with Gasteiger partial charge in [-0.25, -0.2) is 4.98 Å². The molecular weight excluding hydrogens is 411 g/mol. The van der Waals surface area contributed by atoms with Gasteiger partial charge in [-0.1, -0.05) is 70.9 Å². The van der Waals surface area contributed by atoms with Gasteiger partial charge in [0.05, 0.1) is 27.3 Å². The van der Waals surface area contributed by atoms with E-state index in [4.69, 9.17) is 28.2 Å². The number of anilines is 1. The molecule has 140 valence electrons. The molecule has 1 amide bonds. The smallest absolute Gasteiger partial charge is 0.261 e. The van der Waals surface area contributed by atoms with Crippen molar-refractivity contribution >= 4 is 55.8 Å². The van der Waals surface area contributed by atoms with Crippen LogP contribution in [0.25, 0.3) is 10.2 Å². The number of halogens is 2. The maximum absolute atomic E-state index is 13.4. The van der Waals surface area contributed by atoms with Crippen molar-refractivity contribution in [3.8, 4) is 0 Å². The normalized spacial score (nSPS) is 11.0. The third-order valence-corrected chi connectivity index (χ3v) is 5.96. The van der Waals surface area contributed by atoms with E-state index in [1.807, 2.05) is 49.4 Å². The summed E-state index contributed by atoms with van der Waals surface area (Å²) in [5.74, 6) is -0.230. The summed E-state index contributed by atoms with van der Waals surface area (Å²) in [6, 6.07) is 20.8. The fourth-order valence-corrected chi connectivity index (χ4v) is 4.37. The summed E-state index contributed by atoms with van der Waals surface area (Å²) in [6.45, 7) is 2.43. The number of thiazole rings is 1. The lowest BCUT2D eigenvalue weighted by Gasteiger charge is -2.21. The number of aromatic nitrogens is 1. The molecule has 0 aliphatic carbocycles. The van der Waals surface area contributed by atoms with Crippen LogP contribution < -0.4 is 4.90 Å². The highest BCUT2D eigenvalue weighted by atomic mass is 35.5. The van der Waals surface area contributed by atoms with E-state index < -0.39 is 0 Å². The Labute approximate surface area is 177 Å². The fraction of sp³-hybridized carbons (Fsp3) is 0.0909. The van der Waals surface area contributed by atoms with Crippen LogP contribution in [0.2, 0.25) is 10.0 Å². The number of aryl methyl sites for hydroxylation is 1. The van der Waals surface area contributed by atoms with Crippen LogP contribution in [0.5, 0.6) is 0 Å². The van der Waals surface area contributed by atoms with Gasteiger partial charge in [0.15, 0.2) is 5.13 Å². The fourth-order valence-electron chi connectivity index (χ4n) is 2.93. The van der Waals surface area contributed by atoms with E-state index in [1.165, 1.54) is 11.3 Å². The summed E-state index contributed by atoms with van der Waals surface area (Å²) < 4.78 is 1.04. The summed E-state index contributed by atoms with van der Waals surface area (Å²) in [6.07, 6.45) is 0. The molecule has 0 saturated carbocycles. The number of fused-ring (bicyclic) bond motifs is 1. The highest BCUT2D eigenvalue weighted by Gasteiger charge is 2.24. The molecule has 1 heterocycles. The number of rotatable bonds is 4. The second-order valence-corrected chi connectivity index (χ2v) is 8.32. The molecule has 0 aliphatic heterocycles. The van der Waals surface area contributed by atoms with Crippen molar-refractivity contribution in [2.24, 2.45) is 0 Å². The van der Waals surface area contributed by atoms with Crippen LogP contribution in [0.3, 0.4) is 0 Å². The number of hydrogen-bond acceptors (Lipinski definition) is 3. The molecule has 0 unspecified atom stereocenters. The number of carbonyl (C=O) groups is 1. The summed E-state index contributed by atoms with van der Waals surface area (Å²) in [4.78, 5) is 19.8. The van der Waals surface area contributed by atoms with Gasteiger partial charge in [-0.2, -0.15) is 0 Å². The van der Waals surface area contributed by atoms with Gasteiger partial charge in [0, 0.05) is 5.02 Å². The van der Waals surface area contributed by atoms with E-state index in [0.717, 1.165) is 21.3 Å². The highest BCUT2D eigenvalue weighted by Crippen LogP contribution is 2.32. The van der Waals surface area contributed by atoms with Crippen LogP contribution >= 0.6 is 34.5 Å². The Hall–Kier alpha value is -2.40. The van der Waals surface area contributed by atoms with Gasteiger partial charge in [-0.05, 0) is 48.4 Å². The first-order valence-corrected chi connectivity index (χ1v) is 10.3. The lowest BCUT2D eigenvalue weighted by Crippen LogP contribution is -2.30. The van der Waals surface area contributed by atoms with Gasteiger partial charge in [0.2, 0.25) is 0 Å². The molecule has 0 atom stereocenters. The molecule has 4 rings (SSSR count). The van der Waals surface area contributed by atoms with Crippen LogP contribution in [0.4, 0.5) is 5.13 Å².